The minimum atomic E-state index is 0.148. The molecule has 0 unspecified atom stereocenters. The molecule has 0 amide bonds. The van der Waals surface area contributed by atoms with Crippen LogP contribution in [-0.4, -0.2) is 11.5 Å². The second-order valence-corrected chi connectivity index (χ2v) is 4.91. The Balaban J connectivity index is 1.98. The van der Waals surface area contributed by atoms with Crippen molar-refractivity contribution in [2.24, 2.45) is 0 Å². The summed E-state index contributed by atoms with van der Waals surface area (Å²) < 4.78 is 5.83. The molecule has 2 rings (SSSR count). The van der Waals surface area contributed by atoms with Crippen LogP contribution >= 0.6 is 23.2 Å². The number of hydrogen-bond donors (Lipinski definition) is 0. The van der Waals surface area contributed by atoms with E-state index in [0.29, 0.717) is 0 Å². The Labute approximate surface area is 100 Å². The van der Waals surface area contributed by atoms with E-state index < -0.39 is 0 Å². The predicted octanol–water partition coefficient (Wildman–Crippen LogP) is 4.27. The first-order valence-corrected chi connectivity index (χ1v) is 6.13. The lowest BCUT2D eigenvalue weighted by Gasteiger charge is -2.27. The Kier molecular flexibility index (Phi) is 3.76. The molecule has 1 fully saturated rings. The fourth-order valence-corrected chi connectivity index (χ4v) is 2.33. The van der Waals surface area contributed by atoms with Crippen LogP contribution in [0.4, 0.5) is 0 Å². The maximum atomic E-state index is 6.21. The van der Waals surface area contributed by atoms with Crippen LogP contribution < -0.4 is 4.74 Å². The third-order valence-electron chi connectivity index (χ3n) is 2.72. The van der Waals surface area contributed by atoms with Crippen LogP contribution in [0, 0.1) is 0 Å². The van der Waals surface area contributed by atoms with Gasteiger partial charge in [0.1, 0.15) is 11.9 Å². The van der Waals surface area contributed by atoms with E-state index in [1.807, 2.05) is 24.3 Å². The van der Waals surface area contributed by atoms with Gasteiger partial charge in [0.2, 0.25) is 0 Å². The fourth-order valence-electron chi connectivity index (χ4n) is 1.87. The Morgan fingerprint density at radius 3 is 2.40 bits per heavy atom. The smallest absolute Gasteiger partial charge is 0.119 e. The van der Waals surface area contributed by atoms with E-state index >= 15 is 0 Å². The Morgan fingerprint density at radius 1 is 1.07 bits per heavy atom. The molecule has 0 heterocycles. The summed E-state index contributed by atoms with van der Waals surface area (Å²) in [7, 11) is 0. The molecule has 2 atom stereocenters. The number of halogens is 2. The van der Waals surface area contributed by atoms with Crippen molar-refractivity contribution in [1.29, 1.82) is 0 Å². The third-order valence-corrected chi connectivity index (χ3v) is 3.47. The Bertz CT molecular complexity index is 310. The number of rotatable bonds is 2. The first-order valence-electron chi connectivity index (χ1n) is 5.32. The van der Waals surface area contributed by atoms with Gasteiger partial charge >= 0.3 is 0 Å². The van der Waals surface area contributed by atoms with Gasteiger partial charge in [0, 0.05) is 5.02 Å². The van der Waals surface area contributed by atoms with Crippen molar-refractivity contribution in [2.75, 3.05) is 0 Å². The minimum Gasteiger partial charge on any atom is -0.489 e. The molecule has 1 aromatic carbocycles. The summed E-state index contributed by atoms with van der Waals surface area (Å²) in [5.74, 6) is 0.858. The lowest BCUT2D eigenvalue weighted by molar-refractivity contribution is 0.159. The lowest BCUT2D eigenvalue weighted by Crippen LogP contribution is -2.30. The highest BCUT2D eigenvalue weighted by molar-refractivity contribution is 6.30. The molecule has 1 aliphatic carbocycles. The number of ether oxygens (including phenoxy) is 1. The summed E-state index contributed by atoms with van der Waals surface area (Å²) in [6.07, 6.45) is 4.69. The average molecular weight is 245 g/mol. The molecule has 15 heavy (non-hydrogen) atoms. The van der Waals surface area contributed by atoms with Crippen molar-refractivity contribution < 1.29 is 4.74 Å². The van der Waals surface area contributed by atoms with Crippen LogP contribution in [0.1, 0.15) is 25.7 Å². The van der Waals surface area contributed by atoms with Crippen molar-refractivity contribution in [3.63, 3.8) is 0 Å². The molecule has 0 N–H and O–H groups in total. The average Bonchev–Trinajstić information content (AvgIpc) is 2.25. The Morgan fingerprint density at radius 2 is 1.73 bits per heavy atom. The molecule has 0 aromatic heterocycles. The van der Waals surface area contributed by atoms with E-state index in [1.165, 1.54) is 12.8 Å². The molecule has 1 aliphatic rings. The normalized spacial score (nSPS) is 26.3. The first-order chi connectivity index (χ1) is 7.25. The summed E-state index contributed by atoms with van der Waals surface area (Å²) in [6, 6.07) is 7.45. The highest BCUT2D eigenvalue weighted by Gasteiger charge is 2.24. The molecule has 0 aliphatic heterocycles. The van der Waals surface area contributed by atoms with Gasteiger partial charge in [-0.25, -0.2) is 0 Å². The van der Waals surface area contributed by atoms with Crippen LogP contribution in [0.3, 0.4) is 0 Å². The van der Waals surface area contributed by atoms with Crippen LogP contribution in [0.25, 0.3) is 0 Å². The number of alkyl halides is 1. The molecular formula is C12H14Cl2O. The van der Waals surface area contributed by atoms with E-state index in [4.69, 9.17) is 27.9 Å². The van der Waals surface area contributed by atoms with E-state index in [9.17, 15) is 0 Å². The maximum absolute atomic E-state index is 6.21. The molecule has 0 bridgehead atoms. The van der Waals surface area contributed by atoms with Crippen molar-refractivity contribution in [3.05, 3.63) is 29.3 Å². The van der Waals surface area contributed by atoms with Crippen LogP contribution in [0.15, 0.2) is 24.3 Å². The van der Waals surface area contributed by atoms with E-state index in [1.54, 1.807) is 0 Å². The first kappa shape index (κ1) is 11.1. The Hall–Kier alpha value is -0.400. The van der Waals surface area contributed by atoms with Gasteiger partial charge < -0.3 is 4.74 Å². The highest BCUT2D eigenvalue weighted by atomic mass is 35.5. The van der Waals surface area contributed by atoms with Crippen LogP contribution in [-0.2, 0) is 0 Å². The molecule has 1 saturated carbocycles. The van der Waals surface area contributed by atoms with Gasteiger partial charge in [0.25, 0.3) is 0 Å². The number of benzene rings is 1. The van der Waals surface area contributed by atoms with Gasteiger partial charge in [-0.1, -0.05) is 18.0 Å². The van der Waals surface area contributed by atoms with Gasteiger partial charge in [0.05, 0.1) is 5.38 Å². The fraction of sp³-hybridized carbons (Fsp3) is 0.500. The van der Waals surface area contributed by atoms with Crippen LogP contribution in [0.2, 0.25) is 5.02 Å². The third kappa shape index (κ3) is 3.02. The highest BCUT2D eigenvalue weighted by Crippen LogP contribution is 2.27. The summed E-state index contributed by atoms with van der Waals surface area (Å²) in [5.41, 5.74) is 0. The summed E-state index contributed by atoms with van der Waals surface area (Å²) in [4.78, 5) is 0. The van der Waals surface area contributed by atoms with Crippen molar-refractivity contribution >= 4 is 23.2 Å². The van der Waals surface area contributed by atoms with Gasteiger partial charge in [0.15, 0.2) is 0 Å². The van der Waals surface area contributed by atoms with Gasteiger partial charge in [-0.05, 0) is 43.5 Å². The molecule has 1 nitrogen and oxygen atoms in total. The maximum Gasteiger partial charge on any atom is 0.119 e. The molecule has 0 saturated heterocycles. The van der Waals surface area contributed by atoms with Crippen molar-refractivity contribution in [3.8, 4) is 5.75 Å². The molecule has 3 heteroatoms. The van der Waals surface area contributed by atoms with Crippen LogP contribution in [0.5, 0.6) is 5.75 Å². The SMILES string of the molecule is Clc1ccc(O[C@H]2CCCC[C@H]2Cl)cc1. The minimum absolute atomic E-state index is 0.148. The summed E-state index contributed by atoms with van der Waals surface area (Å²) >= 11 is 12.0. The molecule has 0 radical (unpaired) electrons. The van der Waals surface area contributed by atoms with Crippen molar-refractivity contribution in [1.82, 2.24) is 0 Å². The standard InChI is InChI=1S/C12H14Cl2O/c13-9-5-7-10(8-6-9)15-12-4-2-1-3-11(12)14/h5-8,11-12H,1-4H2/t11-,12+/m1/s1. The number of hydrogen-bond acceptors (Lipinski definition) is 1. The van der Waals surface area contributed by atoms with E-state index in [0.717, 1.165) is 23.6 Å². The summed E-state index contributed by atoms with van der Waals surface area (Å²) in [5, 5.41) is 0.878. The molecule has 1 aromatic rings. The zero-order chi connectivity index (χ0) is 10.7. The lowest BCUT2D eigenvalue weighted by atomic mass is 9.97. The quantitative estimate of drug-likeness (QED) is 0.707. The largest absolute Gasteiger partial charge is 0.489 e. The second-order valence-electron chi connectivity index (χ2n) is 3.91. The zero-order valence-electron chi connectivity index (χ0n) is 8.46. The molecule has 0 spiro atoms. The van der Waals surface area contributed by atoms with E-state index in [2.05, 4.69) is 0 Å². The topological polar surface area (TPSA) is 9.23 Å². The monoisotopic (exact) mass is 244 g/mol. The van der Waals surface area contributed by atoms with Gasteiger partial charge in [-0.15, -0.1) is 11.6 Å². The van der Waals surface area contributed by atoms with E-state index in [-0.39, 0.29) is 11.5 Å². The van der Waals surface area contributed by atoms with Gasteiger partial charge in [-0.3, -0.25) is 0 Å². The molecular weight excluding hydrogens is 231 g/mol. The second kappa shape index (κ2) is 5.09. The zero-order valence-corrected chi connectivity index (χ0v) is 9.97. The summed E-state index contributed by atoms with van der Waals surface area (Å²) in [6.45, 7) is 0. The predicted molar refractivity (Wildman–Crippen MR) is 64.0 cm³/mol. The molecule has 82 valence electrons. The van der Waals surface area contributed by atoms with Crippen molar-refractivity contribution in [2.45, 2.75) is 37.2 Å². The van der Waals surface area contributed by atoms with Gasteiger partial charge in [-0.2, -0.15) is 0 Å².